The molecule has 0 aliphatic heterocycles. The molecule has 0 bridgehead atoms. The highest BCUT2D eigenvalue weighted by atomic mass is 32.1. The summed E-state index contributed by atoms with van der Waals surface area (Å²) >= 11 is 1.96. The monoisotopic (exact) mass is 239 g/mol. The fourth-order valence-corrected chi connectivity index (χ4v) is 3.00. The van der Waals surface area contributed by atoms with Gasteiger partial charge in [-0.1, -0.05) is 26.7 Å². The number of hydrogen-bond acceptors (Lipinski definition) is 2. The maximum Gasteiger partial charge on any atom is 0.0414 e. The Morgan fingerprint density at radius 2 is 2.00 bits per heavy atom. The molecule has 0 fully saturated rings. The van der Waals surface area contributed by atoms with Gasteiger partial charge >= 0.3 is 0 Å². The van der Waals surface area contributed by atoms with Crippen LogP contribution in [0.3, 0.4) is 0 Å². The van der Waals surface area contributed by atoms with E-state index in [9.17, 15) is 0 Å². The first-order valence-corrected chi connectivity index (χ1v) is 7.31. The van der Waals surface area contributed by atoms with Crippen molar-refractivity contribution in [3.63, 3.8) is 0 Å². The summed E-state index contributed by atoms with van der Waals surface area (Å²) in [6.07, 6.45) is 5.09. The predicted octanol–water partition coefficient (Wildman–Crippen LogP) is 4.60. The maximum absolute atomic E-state index is 3.67. The summed E-state index contributed by atoms with van der Waals surface area (Å²) in [6.45, 7) is 10.1. The lowest BCUT2D eigenvalue weighted by molar-refractivity contribution is 0.487. The van der Waals surface area contributed by atoms with E-state index in [1.54, 1.807) is 0 Å². The highest BCUT2D eigenvalue weighted by Gasteiger charge is 2.13. The van der Waals surface area contributed by atoms with E-state index >= 15 is 0 Å². The Morgan fingerprint density at radius 3 is 2.50 bits per heavy atom. The largest absolute Gasteiger partial charge is 0.309 e. The van der Waals surface area contributed by atoms with Crippen LogP contribution in [0.4, 0.5) is 0 Å². The molecule has 1 rings (SSSR count). The van der Waals surface area contributed by atoms with Crippen LogP contribution in [-0.2, 0) is 0 Å². The molecule has 0 spiro atoms. The summed E-state index contributed by atoms with van der Waals surface area (Å²) in [5.74, 6) is 0. The fourth-order valence-electron chi connectivity index (χ4n) is 1.85. The first-order chi connectivity index (χ1) is 7.69. The highest BCUT2D eigenvalue weighted by molar-refractivity contribution is 7.12. The van der Waals surface area contributed by atoms with E-state index in [-0.39, 0.29) is 0 Å². The molecule has 16 heavy (non-hydrogen) atoms. The lowest BCUT2D eigenvalue weighted by Crippen LogP contribution is -2.21. The van der Waals surface area contributed by atoms with Crippen molar-refractivity contribution in [1.29, 1.82) is 0 Å². The molecule has 0 saturated carbocycles. The molecule has 1 heterocycles. The molecule has 1 nitrogen and oxygen atoms in total. The van der Waals surface area contributed by atoms with Crippen molar-refractivity contribution in [1.82, 2.24) is 5.32 Å². The third kappa shape index (κ3) is 3.91. The average Bonchev–Trinajstić information content (AvgIpc) is 2.59. The number of rotatable bonds is 7. The summed E-state index contributed by atoms with van der Waals surface area (Å²) in [5, 5.41) is 3.67. The third-order valence-corrected chi connectivity index (χ3v) is 4.28. The summed E-state index contributed by atoms with van der Waals surface area (Å²) in [4.78, 5) is 2.99. The molecule has 2 heteroatoms. The first-order valence-electron chi connectivity index (χ1n) is 6.49. The Balaban J connectivity index is 2.66. The van der Waals surface area contributed by atoms with Gasteiger partial charge in [0.05, 0.1) is 0 Å². The molecule has 0 aliphatic rings. The smallest absolute Gasteiger partial charge is 0.0414 e. The second-order valence-electron chi connectivity index (χ2n) is 4.54. The molecule has 0 amide bonds. The molecule has 1 aromatic heterocycles. The van der Waals surface area contributed by atoms with Crippen LogP contribution in [0.5, 0.6) is 0 Å². The van der Waals surface area contributed by atoms with Gasteiger partial charge in [0.2, 0.25) is 0 Å². The van der Waals surface area contributed by atoms with Gasteiger partial charge in [0, 0.05) is 15.8 Å². The van der Waals surface area contributed by atoms with Gasteiger partial charge in [-0.3, -0.25) is 0 Å². The second kappa shape index (κ2) is 7.08. The Bertz CT molecular complexity index is 276. The summed E-state index contributed by atoms with van der Waals surface area (Å²) in [5.41, 5.74) is 1.44. The molecular weight excluding hydrogens is 214 g/mol. The standard InChI is InChI=1S/C14H25NS/c1-5-7-8-13(15-9-6-2)14-10-11(3)12(4)16-14/h10,13,15H,5-9H2,1-4H3. The lowest BCUT2D eigenvalue weighted by Gasteiger charge is -2.16. The molecule has 1 unspecified atom stereocenters. The molecule has 0 aromatic carbocycles. The minimum atomic E-state index is 0.581. The van der Waals surface area contributed by atoms with Gasteiger partial charge in [0.15, 0.2) is 0 Å². The Hall–Kier alpha value is -0.340. The zero-order valence-corrected chi connectivity index (χ0v) is 11.9. The van der Waals surface area contributed by atoms with Gasteiger partial charge in [-0.25, -0.2) is 0 Å². The molecule has 92 valence electrons. The number of hydrogen-bond donors (Lipinski definition) is 1. The van der Waals surface area contributed by atoms with E-state index < -0.39 is 0 Å². The third-order valence-electron chi connectivity index (χ3n) is 3.02. The van der Waals surface area contributed by atoms with Crippen LogP contribution in [-0.4, -0.2) is 6.54 Å². The van der Waals surface area contributed by atoms with E-state index in [1.807, 2.05) is 11.3 Å². The molecule has 0 radical (unpaired) electrons. The average molecular weight is 239 g/mol. The Kier molecular flexibility index (Phi) is 6.07. The second-order valence-corrected chi connectivity index (χ2v) is 5.82. The summed E-state index contributed by atoms with van der Waals surface area (Å²) in [6, 6.07) is 2.94. The number of unbranched alkanes of at least 4 members (excludes halogenated alkanes) is 1. The van der Waals surface area contributed by atoms with E-state index in [0.717, 1.165) is 6.54 Å². The van der Waals surface area contributed by atoms with Crippen LogP contribution in [0, 0.1) is 13.8 Å². The van der Waals surface area contributed by atoms with Gasteiger partial charge in [0.1, 0.15) is 0 Å². The van der Waals surface area contributed by atoms with Crippen molar-refractivity contribution in [2.75, 3.05) is 6.54 Å². The normalized spacial score (nSPS) is 13.0. The minimum Gasteiger partial charge on any atom is -0.309 e. The van der Waals surface area contributed by atoms with Crippen molar-refractivity contribution >= 4 is 11.3 Å². The summed E-state index contributed by atoms with van der Waals surface area (Å²) < 4.78 is 0. The van der Waals surface area contributed by atoms with Crippen molar-refractivity contribution in [3.8, 4) is 0 Å². The predicted molar refractivity (Wildman–Crippen MR) is 74.4 cm³/mol. The number of nitrogens with one attached hydrogen (secondary N) is 1. The minimum absolute atomic E-state index is 0.581. The quantitative estimate of drug-likeness (QED) is 0.733. The van der Waals surface area contributed by atoms with Crippen LogP contribution in [0.25, 0.3) is 0 Å². The fraction of sp³-hybridized carbons (Fsp3) is 0.714. The van der Waals surface area contributed by atoms with Crippen molar-refractivity contribution in [2.24, 2.45) is 0 Å². The Labute approximate surface area is 104 Å². The molecule has 1 N–H and O–H groups in total. The zero-order chi connectivity index (χ0) is 12.0. The summed E-state index contributed by atoms with van der Waals surface area (Å²) in [7, 11) is 0. The van der Waals surface area contributed by atoms with E-state index in [0.29, 0.717) is 6.04 Å². The molecule has 0 saturated heterocycles. The van der Waals surface area contributed by atoms with Gasteiger partial charge in [0.25, 0.3) is 0 Å². The maximum atomic E-state index is 3.67. The van der Waals surface area contributed by atoms with Crippen LogP contribution < -0.4 is 5.32 Å². The molecule has 1 aromatic rings. The highest BCUT2D eigenvalue weighted by Crippen LogP contribution is 2.29. The number of aryl methyl sites for hydroxylation is 2. The first kappa shape index (κ1) is 13.7. The van der Waals surface area contributed by atoms with Gasteiger partial charge in [-0.05, 0) is 44.9 Å². The Morgan fingerprint density at radius 1 is 1.25 bits per heavy atom. The molecular formula is C14H25NS. The van der Waals surface area contributed by atoms with Crippen molar-refractivity contribution in [2.45, 2.75) is 59.4 Å². The van der Waals surface area contributed by atoms with Crippen molar-refractivity contribution in [3.05, 3.63) is 21.4 Å². The van der Waals surface area contributed by atoms with Crippen LogP contribution in [0.1, 0.15) is 60.9 Å². The SMILES string of the molecule is CCCCC(NCCC)c1cc(C)c(C)s1. The van der Waals surface area contributed by atoms with E-state index in [4.69, 9.17) is 0 Å². The van der Waals surface area contributed by atoms with E-state index in [1.165, 1.54) is 41.0 Å². The molecule has 0 aliphatic carbocycles. The zero-order valence-electron chi connectivity index (χ0n) is 11.1. The van der Waals surface area contributed by atoms with Crippen LogP contribution in [0.2, 0.25) is 0 Å². The van der Waals surface area contributed by atoms with E-state index in [2.05, 4.69) is 39.1 Å². The number of thiophene rings is 1. The molecule has 1 atom stereocenters. The van der Waals surface area contributed by atoms with Gasteiger partial charge in [-0.15, -0.1) is 11.3 Å². The van der Waals surface area contributed by atoms with Gasteiger partial charge < -0.3 is 5.32 Å². The van der Waals surface area contributed by atoms with Crippen LogP contribution in [0.15, 0.2) is 6.07 Å². The van der Waals surface area contributed by atoms with Crippen LogP contribution >= 0.6 is 11.3 Å². The lowest BCUT2D eigenvalue weighted by atomic mass is 10.1. The topological polar surface area (TPSA) is 12.0 Å². The van der Waals surface area contributed by atoms with Crippen molar-refractivity contribution < 1.29 is 0 Å². The van der Waals surface area contributed by atoms with Gasteiger partial charge in [-0.2, -0.15) is 0 Å².